The van der Waals surface area contributed by atoms with E-state index in [4.69, 9.17) is 9.63 Å². The molecule has 1 aromatic heterocycles. The van der Waals surface area contributed by atoms with Crippen molar-refractivity contribution in [3.8, 4) is 11.5 Å². The Morgan fingerprint density at radius 3 is 2.72 bits per heavy atom. The molecule has 0 saturated carbocycles. The minimum Gasteiger partial charge on any atom is -0.475 e. The van der Waals surface area contributed by atoms with Gasteiger partial charge in [-0.2, -0.15) is 4.98 Å². The number of hydrogen-bond acceptors (Lipinski definition) is 6. The molecule has 0 saturated heterocycles. The quantitative estimate of drug-likeness (QED) is 0.648. The van der Waals surface area contributed by atoms with E-state index in [-0.39, 0.29) is 11.6 Å². The fourth-order valence-electron chi connectivity index (χ4n) is 1.42. The van der Waals surface area contributed by atoms with Gasteiger partial charge in [0.05, 0.1) is 4.92 Å². The molecule has 1 N–H and O–H groups in total. The number of nitro benzene ring substituents is 1. The van der Waals surface area contributed by atoms with Crippen molar-refractivity contribution in [3.63, 3.8) is 0 Å². The third kappa shape index (κ3) is 2.03. The maximum absolute atomic E-state index is 10.6. The van der Waals surface area contributed by atoms with Gasteiger partial charge in [0.25, 0.3) is 17.4 Å². The molecule has 18 heavy (non-hydrogen) atoms. The molecule has 0 fully saturated rings. The molecule has 92 valence electrons. The van der Waals surface area contributed by atoms with Crippen LogP contribution in [0.4, 0.5) is 5.69 Å². The maximum Gasteiger partial charge on any atom is 0.377 e. The minimum absolute atomic E-state index is 0.00500. The van der Waals surface area contributed by atoms with E-state index in [1.54, 1.807) is 6.92 Å². The number of carbonyl (C=O) groups is 1. The molecular formula is C10H7N3O5. The Kier molecular flexibility index (Phi) is 2.76. The van der Waals surface area contributed by atoms with Crippen molar-refractivity contribution in [2.45, 2.75) is 6.92 Å². The highest BCUT2D eigenvalue weighted by Gasteiger charge is 2.17. The van der Waals surface area contributed by atoms with Crippen molar-refractivity contribution in [2.24, 2.45) is 0 Å². The summed E-state index contributed by atoms with van der Waals surface area (Å²) in [6, 6.07) is 4.21. The lowest BCUT2D eigenvalue weighted by molar-refractivity contribution is -0.385. The van der Waals surface area contributed by atoms with Gasteiger partial charge in [0, 0.05) is 17.2 Å². The van der Waals surface area contributed by atoms with Crippen molar-refractivity contribution in [3.05, 3.63) is 39.7 Å². The van der Waals surface area contributed by atoms with Crippen LogP contribution < -0.4 is 0 Å². The third-order valence-electron chi connectivity index (χ3n) is 2.26. The Labute approximate surface area is 100 Å². The molecule has 8 nitrogen and oxygen atoms in total. The van der Waals surface area contributed by atoms with Crippen LogP contribution >= 0.6 is 0 Å². The molecule has 0 radical (unpaired) electrons. The molecule has 0 aliphatic carbocycles. The predicted octanol–water partition coefficient (Wildman–Crippen LogP) is 1.65. The van der Waals surface area contributed by atoms with Crippen LogP contribution in [-0.2, 0) is 0 Å². The van der Waals surface area contributed by atoms with E-state index in [1.165, 1.54) is 18.2 Å². The molecule has 0 unspecified atom stereocenters. The Morgan fingerprint density at radius 2 is 2.22 bits per heavy atom. The summed E-state index contributed by atoms with van der Waals surface area (Å²) in [6.45, 7) is 1.57. The third-order valence-corrected chi connectivity index (χ3v) is 2.26. The number of nitro groups is 1. The zero-order valence-electron chi connectivity index (χ0n) is 9.15. The first kappa shape index (κ1) is 11.7. The van der Waals surface area contributed by atoms with E-state index in [2.05, 4.69) is 10.1 Å². The highest BCUT2D eigenvalue weighted by molar-refractivity contribution is 5.83. The zero-order chi connectivity index (χ0) is 13.3. The van der Waals surface area contributed by atoms with Gasteiger partial charge in [-0.25, -0.2) is 4.79 Å². The molecule has 1 aromatic carbocycles. The Bertz CT molecular complexity index is 634. The minimum atomic E-state index is -1.30. The molecular weight excluding hydrogens is 242 g/mol. The first-order valence-electron chi connectivity index (χ1n) is 4.81. The second-order valence-corrected chi connectivity index (χ2v) is 3.49. The largest absolute Gasteiger partial charge is 0.475 e. The van der Waals surface area contributed by atoms with Crippen molar-refractivity contribution in [1.82, 2.24) is 10.1 Å². The van der Waals surface area contributed by atoms with E-state index < -0.39 is 16.7 Å². The summed E-state index contributed by atoms with van der Waals surface area (Å²) in [7, 11) is 0. The first-order valence-corrected chi connectivity index (χ1v) is 4.81. The van der Waals surface area contributed by atoms with Gasteiger partial charge in [-0.3, -0.25) is 10.1 Å². The van der Waals surface area contributed by atoms with Crippen LogP contribution in [0.1, 0.15) is 16.2 Å². The smallest absolute Gasteiger partial charge is 0.377 e. The van der Waals surface area contributed by atoms with Crippen molar-refractivity contribution in [2.75, 3.05) is 0 Å². The molecule has 2 rings (SSSR count). The molecule has 0 aliphatic rings. The molecule has 0 aliphatic heterocycles. The van der Waals surface area contributed by atoms with Gasteiger partial charge < -0.3 is 9.63 Å². The van der Waals surface area contributed by atoms with Crippen molar-refractivity contribution in [1.29, 1.82) is 0 Å². The summed E-state index contributed by atoms with van der Waals surface area (Å²) < 4.78 is 4.76. The number of rotatable bonds is 3. The molecule has 0 atom stereocenters. The summed E-state index contributed by atoms with van der Waals surface area (Å²) in [5.41, 5.74) is 0.822. The first-order chi connectivity index (χ1) is 8.49. The van der Waals surface area contributed by atoms with E-state index >= 15 is 0 Å². The van der Waals surface area contributed by atoms with Crippen LogP contribution in [0.25, 0.3) is 11.5 Å². The number of aromatic nitrogens is 2. The second kappa shape index (κ2) is 4.24. The van der Waals surface area contributed by atoms with Crippen LogP contribution in [0.3, 0.4) is 0 Å². The molecule has 0 bridgehead atoms. The number of aromatic carboxylic acids is 1. The van der Waals surface area contributed by atoms with Crippen LogP contribution in [0, 0.1) is 17.0 Å². The van der Waals surface area contributed by atoms with Crippen molar-refractivity contribution >= 4 is 11.7 Å². The highest BCUT2D eigenvalue weighted by Crippen LogP contribution is 2.24. The lowest BCUT2D eigenvalue weighted by Gasteiger charge is -1.98. The van der Waals surface area contributed by atoms with Crippen molar-refractivity contribution < 1.29 is 19.3 Å². The molecule has 8 heteroatoms. The standard InChI is InChI=1S/C10H7N3O5/c1-5-4-6(2-3-7(5)13(16)17)9-11-8(10(14)15)12-18-9/h2-4H,1H3,(H,14,15). The van der Waals surface area contributed by atoms with Gasteiger partial charge >= 0.3 is 5.97 Å². The molecule has 0 amide bonds. The number of carboxylic acids is 1. The van der Waals surface area contributed by atoms with Crippen LogP contribution in [0.2, 0.25) is 0 Å². The van der Waals surface area contributed by atoms with Gasteiger partial charge in [0.2, 0.25) is 0 Å². The summed E-state index contributed by atoms with van der Waals surface area (Å²) in [5.74, 6) is -1.75. The second-order valence-electron chi connectivity index (χ2n) is 3.49. The molecule has 1 heterocycles. The van der Waals surface area contributed by atoms with Crippen LogP contribution in [0.15, 0.2) is 22.7 Å². The lowest BCUT2D eigenvalue weighted by Crippen LogP contribution is -1.98. The van der Waals surface area contributed by atoms with E-state index in [9.17, 15) is 14.9 Å². The average Bonchev–Trinajstić information content (AvgIpc) is 2.77. The number of aryl methyl sites for hydroxylation is 1. The zero-order valence-corrected chi connectivity index (χ0v) is 9.15. The summed E-state index contributed by atoms with van der Waals surface area (Å²) in [6.07, 6.45) is 0. The van der Waals surface area contributed by atoms with Crippen LogP contribution in [-0.4, -0.2) is 26.1 Å². The van der Waals surface area contributed by atoms with Gasteiger partial charge in [-0.1, -0.05) is 0 Å². The predicted molar refractivity (Wildman–Crippen MR) is 58.1 cm³/mol. The van der Waals surface area contributed by atoms with Gasteiger partial charge in [0.15, 0.2) is 0 Å². The number of benzene rings is 1. The van der Waals surface area contributed by atoms with E-state index in [0.29, 0.717) is 11.1 Å². The SMILES string of the molecule is Cc1cc(-c2nc(C(=O)O)no2)ccc1[N+](=O)[O-]. The van der Waals surface area contributed by atoms with Gasteiger partial charge in [-0.05, 0) is 24.2 Å². The summed E-state index contributed by atoms with van der Waals surface area (Å²) in [4.78, 5) is 24.4. The van der Waals surface area contributed by atoms with Gasteiger partial charge in [-0.15, -0.1) is 0 Å². The topological polar surface area (TPSA) is 119 Å². The number of hydrogen-bond donors (Lipinski definition) is 1. The molecule has 0 spiro atoms. The lowest BCUT2D eigenvalue weighted by atomic mass is 10.1. The highest BCUT2D eigenvalue weighted by atomic mass is 16.6. The molecule has 2 aromatic rings. The Balaban J connectivity index is 2.42. The number of nitrogens with zero attached hydrogens (tertiary/aromatic N) is 3. The number of carboxylic acid groups (broad SMARTS) is 1. The Morgan fingerprint density at radius 1 is 1.50 bits per heavy atom. The summed E-state index contributed by atoms with van der Waals surface area (Å²) in [5, 5.41) is 22.5. The normalized spacial score (nSPS) is 10.3. The fourth-order valence-corrected chi connectivity index (χ4v) is 1.42. The monoisotopic (exact) mass is 249 g/mol. The maximum atomic E-state index is 10.6. The van der Waals surface area contributed by atoms with E-state index in [0.717, 1.165) is 0 Å². The van der Waals surface area contributed by atoms with Crippen LogP contribution in [0.5, 0.6) is 0 Å². The van der Waals surface area contributed by atoms with E-state index in [1.807, 2.05) is 0 Å². The summed E-state index contributed by atoms with van der Waals surface area (Å²) >= 11 is 0. The average molecular weight is 249 g/mol. The van der Waals surface area contributed by atoms with Gasteiger partial charge in [0.1, 0.15) is 0 Å². The fraction of sp³-hybridized carbons (Fsp3) is 0.100. The Hall–Kier alpha value is -2.77.